The first-order valence-electron chi connectivity index (χ1n) is 7.35. The molecule has 2 heterocycles. The molecule has 2 aromatic heterocycles. The predicted molar refractivity (Wildman–Crippen MR) is 80.1 cm³/mol. The smallest absolute Gasteiger partial charge is 0.212 e. The lowest BCUT2D eigenvalue weighted by atomic mass is 10.1. The van der Waals surface area contributed by atoms with Crippen LogP contribution in [0.5, 0.6) is 5.88 Å². The third-order valence-corrected chi connectivity index (χ3v) is 3.90. The third kappa shape index (κ3) is 3.19. The standard InChI is InChI=1S/C16H20N4O/c1-21-16-7-6-11(9-19-16)8-15-18-10-12-13(17)4-2-3-5-14(12)20-15/h6-7,9-10,13H,2-5,8,17H2,1H3. The van der Waals surface area contributed by atoms with Crippen LogP contribution in [0.2, 0.25) is 0 Å². The largest absolute Gasteiger partial charge is 0.481 e. The van der Waals surface area contributed by atoms with E-state index >= 15 is 0 Å². The van der Waals surface area contributed by atoms with Crippen LogP contribution in [0.1, 0.15) is 47.9 Å². The number of aryl methyl sites for hydroxylation is 1. The fraction of sp³-hybridized carbons (Fsp3) is 0.438. The van der Waals surface area contributed by atoms with Gasteiger partial charge in [-0.05, 0) is 24.8 Å². The molecular formula is C16H20N4O. The molecule has 5 nitrogen and oxygen atoms in total. The number of methoxy groups -OCH3 is 1. The van der Waals surface area contributed by atoms with E-state index in [4.69, 9.17) is 15.5 Å². The summed E-state index contributed by atoms with van der Waals surface area (Å²) in [5, 5.41) is 0. The van der Waals surface area contributed by atoms with Gasteiger partial charge in [0.05, 0.1) is 7.11 Å². The second-order valence-electron chi connectivity index (χ2n) is 5.43. The molecule has 0 saturated carbocycles. The first-order chi connectivity index (χ1) is 10.3. The van der Waals surface area contributed by atoms with Crippen molar-refractivity contribution in [3.63, 3.8) is 0 Å². The first kappa shape index (κ1) is 13.9. The van der Waals surface area contributed by atoms with Crippen LogP contribution in [0.15, 0.2) is 24.5 Å². The summed E-state index contributed by atoms with van der Waals surface area (Å²) in [5.41, 5.74) is 9.49. The number of fused-ring (bicyclic) bond motifs is 1. The van der Waals surface area contributed by atoms with Crippen molar-refractivity contribution in [2.24, 2.45) is 5.73 Å². The van der Waals surface area contributed by atoms with Gasteiger partial charge in [-0.1, -0.05) is 12.5 Å². The van der Waals surface area contributed by atoms with Gasteiger partial charge in [0.25, 0.3) is 0 Å². The second kappa shape index (κ2) is 6.18. The maximum Gasteiger partial charge on any atom is 0.212 e. The van der Waals surface area contributed by atoms with Gasteiger partial charge in [-0.25, -0.2) is 15.0 Å². The first-order valence-corrected chi connectivity index (χ1v) is 7.35. The van der Waals surface area contributed by atoms with Crippen molar-refractivity contribution < 1.29 is 4.74 Å². The van der Waals surface area contributed by atoms with Gasteiger partial charge < -0.3 is 10.5 Å². The van der Waals surface area contributed by atoms with Gasteiger partial charge in [0, 0.05) is 42.2 Å². The number of hydrogen-bond donors (Lipinski definition) is 1. The summed E-state index contributed by atoms with van der Waals surface area (Å²) in [6.45, 7) is 0. The van der Waals surface area contributed by atoms with Crippen molar-refractivity contribution in [1.82, 2.24) is 15.0 Å². The van der Waals surface area contributed by atoms with E-state index in [-0.39, 0.29) is 6.04 Å². The molecule has 5 heteroatoms. The van der Waals surface area contributed by atoms with Gasteiger partial charge in [0.2, 0.25) is 5.88 Å². The summed E-state index contributed by atoms with van der Waals surface area (Å²) in [6.07, 6.45) is 8.73. The van der Waals surface area contributed by atoms with Crippen LogP contribution >= 0.6 is 0 Å². The number of ether oxygens (including phenoxy) is 1. The van der Waals surface area contributed by atoms with Gasteiger partial charge in [0.1, 0.15) is 5.82 Å². The third-order valence-electron chi connectivity index (χ3n) is 3.90. The van der Waals surface area contributed by atoms with Crippen LogP contribution in [-0.4, -0.2) is 22.1 Å². The lowest BCUT2D eigenvalue weighted by Crippen LogP contribution is -2.13. The number of hydrogen-bond acceptors (Lipinski definition) is 5. The van der Waals surface area contributed by atoms with Gasteiger partial charge in [0.15, 0.2) is 0 Å². The van der Waals surface area contributed by atoms with Crippen molar-refractivity contribution in [2.75, 3.05) is 7.11 Å². The van der Waals surface area contributed by atoms with Crippen molar-refractivity contribution in [1.29, 1.82) is 0 Å². The topological polar surface area (TPSA) is 73.9 Å². The summed E-state index contributed by atoms with van der Waals surface area (Å²) >= 11 is 0. The molecule has 0 amide bonds. The van der Waals surface area contributed by atoms with Crippen molar-refractivity contribution in [3.05, 3.63) is 47.2 Å². The highest BCUT2D eigenvalue weighted by atomic mass is 16.5. The molecule has 0 fully saturated rings. The molecule has 3 rings (SSSR count). The minimum Gasteiger partial charge on any atom is -0.481 e. The van der Waals surface area contributed by atoms with Crippen LogP contribution in [0.25, 0.3) is 0 Å². The molecule has 21 heavy (non-hydrogen) atoms. The maximum atomic E-state index is 6.18. The number of rotatable bonds is 3. The Bertz CT molecular complexity index is 612. The fourth-order valence-corrected chi connectivity index (χ4v) is 2.69. The Morgan fingerprint density at radius 2 is 2.14 bits per heavy atom. The number of pyridine rings is 1. The highest BCUT2D eigenvalue weighted by molar-refractivity contribution is 5.25. The van der Waals surface area contributed by atoms with Crippen LogP contribution in [0.4, 0.5) is 0 Å². The van der Waals surface area contributed by atoms with Crippen molar-refractivity contribution in [3.8, 4) is 5.88 Å². The van der Waals surface area contributed by atoms with E-state index in [1.54, 1.807) is 13.3 Å². The SMILES string of the molecule is COc1ccc(Cc2ncc3c(n2)CCCCC3N)cn1. The Morgan fingerprint density at radius 3 is 2.90 bits per heavy atom. The van der Waals surface area contributed by atoms with Crippen molar-refractivity contribution >= 4 is 0 Å². The average molecular weight is 284 g/mol. The molecule has 1 aliphatic carbocycles. The van der Waals surface area contributed by atoms with E-state index < -0.39 is 0 Å². The molecule has 0 aliphatic heterocycles. The molecule has 2 N–H and O–H groups in total. The predicted octanol–water partition coefficient (Wildman–Crippen LogP) is 2.20. The number of aromatic nitrogens is 3. The molecule has 1 aliphatic rings. The zero-order chi connectivity index (χ0) is 14.7. The van der Waals surface area contributed by atoms with Crippen LogP contribution in [0, 0.1) is 0 Å². The number of nitrogens with two attached hydrogens (primary N) is 1. The lowest BCUT2D eigenvalue weighted by molar-refractivity contribution is 0.397. The summed E-state index contributed by atoms with van der Waals surface area (Å²) in [5.74, 6) is 1.45. The minimum atomic E-state index is 0.0826. The maximum absolute atomic E-state index is 6.18. The van der Waals surface area contributed by atoms with E-state index in [1.807, 2.05) is 18.3 Å². The zero-order valence-electron chi connectivity index (χ0n) is 12.2. The minimum absolute atomic E-state index is 0.0826. The Labute approximate surface area is 124 Å². The average Bonchev–Trinajstić information content (AvgIpc) is 2.70. The molecule has 0 saturated heterocycles. The summed E-state index contributed by atoms with van der Waals surface area (Å²) in [7, 11) is 1.61. The molecule has 1 unspecified atom stereocenters. The van der Waals surface area contributed by atoms with Crippen molar-refractivity contribution in [2.45, 2.75) is 38.1 Å². The van der Waals surface area contributed by atoms with Gasteiger partial charge in [-0.2, -0.15) is 0 Å². The van der Waals surface area contributed by atoms with E-state index in [0.717, 1.165) is 48.3 Å². The highest BCUT2D eigenvalue weighted by Crippen LogP contribution is 2.25. The van der Waals surface area contributed by atoms with Gasteiger partial charge in [-0.15, -0.1) is 0 Å². The fourth-order valence-electron chi connectivity index (χ4n) is 2.69. The van der Waals surface area contributed by atoms with E-state index in [9.17, 15) is 0 Å². The summed E-state index contributed by atoms with van der Waals surface area (Å²) in [6, 6.07) is 3.93. The Balaban J connectivity index is 1.81. The quantitative estimate of drug-likeness (QED) is 0.875. The Kier molecular flexibility index (Phi) is 4.10. The van der Waals surface area contributed by atoms with Crippen LogP contribution in [0.3, 0.4) is 0 Å². The van der Waals surface area contributed by atoms with Gasteiger partial charge >= 0.3 is 0 Å². The normalized spacial score (nSPS) is 17.9. The van der Waals surface area contributed by atoms with Gasteiger partial charge in [-0.3, -0.25) is 0 Å². The zero-order valence-corrected chi connectivity index (χ0v) is 12.2. The second-order valence-corrected chi connectivity index (χ2v) is 5.43. The molecule has 0 radical (unpaired) electrons. The molecule has 1 atom stereocenters. The monoisotopic (exact) mass is 284 g/mol. The van der Waals surface area contributed by atoms with E-state index in [2.05, 4.69) is 9.97 Å². The molecule has 2 aromatic rings. The molecule has 0 spiro atoms. The Hall–Kier alpha value is -2.01. The molecule has 110 valence electrons. The highest BCUT2D eigenvalue weighted by Gasteiger charge is 2.17. The summed E-state index contributed by atoms with van der Waals surface area (Å²) < 4.78 is 5.06. The van der Waals surface area contributed by atoms with E-state index in [1.165, 1.54) is 0 Å². The summed E-state index contributed by atoms with van der Waals surface area (Å²) in [4.78, 5) is 13.4. The van der Waals surface area contributed by atoms with Crippen LogP contribution < -0.4 is 10.5 Å². The number of nitrogens with zero attached hydrogens (tertiary/aromatic N) is 3. The molecular weight excluding hydrogens is 264 g/mol. The molecule has 0 aromatic carbocycles. The van der Waals surface area contributed by atoms with E-state index in [0.29, 0.717) is 12.3 Å². The molecule has 0 bridgehead atoms. The van der Waals surface area contributed by atoms with Crippen LogP contribution in [-0.2, 0) is 12.8 Å². The lowest BCUT2D eigenvalue weighted by Gasteiger charge is -2.12. The Morgan fingerprint density at radius 1 is 1.24 bits per heavy atom.